The number of unbranched alkanes of at least 4 members (excludes halogenated alkanes) is 1. The van der Waals surface area contributed by atoms with Crippen LogP contribution in [-0.2, 0) is 28.3 Å². The monoisotopic (exact) mass is 576 g/mol. The van der Waals surface area contributed by atoms with Crippen molar-refractivity contribution in [1.82, 2.24) is 10.2 Å². The zero-order chi connectivity index (χ0) is 26.6. The molecule has 0 aliphatic rings. The SMILES string of the molecule is CCCCNC(=O)[C@H](Cc1ccccc1)N(Cc1c(Cl)cccc1Cl)C(=O)CSCc1ccc(Cl)cc1. The van der Waals surface area contributed by atoms with Crippen molar-refractivity contribution in [2.45, 2.75) is 44.5 Å². The van der Waals surface area contributed by atoms with Gasteiger partial charge in [-0.1, -0.05) is 96.7 Å². The lowest BCUT2D eigenvalue weighted by Gasteiger charge is -2.32. The van der Waals surface area contributed by atoms with Crippen molar-refractivity contribution in [3.63, 3.8) is 0 Å². The molecule has 196 valence electrons. The molecule has 0 bridgehead atoms. The molecule has 2 amide bonds. The lowest BCUT2D eigenvalue weighted by atomic mass is 10.0. The zero-order valence-corrected chi connectivity index (χ0v) is 23.8. The van der Waals surface area contributed by atoms with Crippen LogP contribution in [0.3, 0.4) is 0 Å². The number of hydrogen-bond acceptors (Lipinski definition) is 3. The smallest absolute Gasteiger partial charge is 0.243 e. The first kappa shape index (κ1) is 29.4. The van der Waals surface area contributed by atoms with E-state index in [1.165, 1.54) is 11.8 Å². The number of carbonyl (C=O) groups is 2. The van der Waals surface area contributed by atoms with Gasteiger partial charge in [0.15, 0.2) is 0 Å². The molecule has 0 aliphatic carbocycles. The fourth-order valence-corrected chi connectivity index (χ4v) is 5.35. The second-order valence-electron chi connectivity index (χ2n) is 8.69. The Morgan fingerprint density at radius 1 is 0.892 bits per heavy atom. The van der Waals surface area contributed by atoms with Crippen molar-refractivity contribution >= 4 is 58.4 Å². The second kappa shape index (κ2) is 15.3. The molecule has 0 aromatic heterocycles. The van der Waals surface area contributed by atoms with E-state index in [1.54, 1.807) is 23.1 Å². The Kier molecular flexibility index (Phi) is 12.1. The number of rotatable bonds is 13. The number of halogens is 3. The third kappa shape index (κ3) is 9.26. The molecule has 0 saturated carbocycles. The van der Waals surface area contributed by atoms with Crippen LogP contribution < -0.4 is 5.32 Å². The predicted molar refractivity (Wildman–Crippen MR) is 156 cm³/mol. The van der Waals surface area contributed by atoms with Crippen LogP contribution in [0.25, 0.3) is 0 Å². The van der Waals surface area contributed by atoms with E-state index in [1.807, 2.05) is 54.6 Å². The molecular formula is C29H31Cl3N2O2S. The molecule has 8 heteroatoms. The maximum absolute atomic E-state index is 13.7. The largest absolute Gasteiger partial charge is 0.354 e. The lowest BCUT2D eigenvalue weighted by Crippen LogP contribution is -2.51. The van der Waals surface area contributed by atoms with Crippen LogP contribution in [0.2, 0.25) is 15.1 Å². The van der Waals surface area contributed by atoms with Crippen molar-refractivity contribution in [3.05, 3.63) is 105 Å². The van der Waals surface area contributed by atoms with E-state index in [0.29, 0.717) is 39.3 Å². The van der Waals surface area contributed by atoms with Gasteiger partial charge in [-0.05, 0) is 41.8 Å². The first-order valence-electron chi connectivity index (χ1n) is 12.2. The summed E-state index contributed by atoms with van der Waals surface area (Å²) in [4.78, 5) is 28.8. The zero-order valence-electron chi connectivity index (χ0n) is 20.8. The molecule has 3 rings (SSSR count). The molecule has 3 aromatic rings. The van der Waals surface area contributed by atoms with Crippen LogP contribution in [-0.4, -0.2) is 35.1 Å². The normalized spacial score (nSPS) is 11.7. The van der Waals surface area contributed by atoms with Gasteiger partial charge in [-0.15, -0.1) is 11.8 Å². The average Bonchev–Trinajstić information content (AvgIpc) is 2.89. The number of benzene rings is 3. The molecule has 0 fully saturated rings. The molecular weight excluding hydrogens is 547 g/mol. The van der Waals surface area contributed by atoms with Gasteiger partial charge in [-0.25, -0.2) is 0 Å². The minimum absolute atomic E-state index is 0.136. The summed E-state index contributed by atoms with van der Waals surface area (Å²) < 4.78 is 0. The molecule has 0 spiro atoms. The van der Waals surface area contributed by atoms with Gasteiger partial charge in [0.1, 0.15) is 6.04 Å². The number of thioether (sulfide) groups is 1. The van der Waals surface area contributed by atoms with E-state index in [2.05, 4.69) is 12.2 Å². The van der Waals surface area contributed by atoms with Crippen LogP contribution in [0.1, 0.15) is 36.5 Å². The maximum Gasteiger partial charge on any atom is 0.243 e. The summed E-state index contributed by atoms with van der Waals surface area (Å²) in [6.45, 7) is 2.76. The fraction of sp³-hybridized carbons (Fsp3) is 0.310. The lowest BCUT2D eigenvalue weighted by molar-refractivity contribution is -0.139. The standard InChI is InChI=1S/C29H31Cl3N2O2S/c1-2-3-16-33-29(36)27(17-21-8-5-4-6-9-21)34(18-24-25(31)10-7-11-26(24)32)28(35)20-37-19-22-12-14-23(30)15-13-22/h4-15,27H,2-3,16-20H2,1H3,(H,33,36)/t27-/m0/s1. The molecule has 1 N–H and O–H groups in total. The Morgan fingerprint density at radius 3 is 2.22 bits per heavy atom. The Labute approximate surface area is 238 Å². The van der Waals surface area contributed by atoms with E-state index in [0.717, 1.165) is 24.0 Å². The van der Waals surface area contributed by atoms with Gasteiger partial charge in [0.05, 0.1) is 5.75 Å². The Hall–Kier alpha value is -2.18. The van der Waals surface area contributed by atoms with Crippen molar-refractivity contribution in [3.8, 4) is 0 Å². The summed E-state index contributed by atoms with van der Waals surface area (Å²) in [5, 5.41) is 4.62. The summed E-state index contributed by atoms with van der Waals surface area (Å²) in [6, 6.07) is 21.8. The van der Waals surface area contributed by atoms with E-state index in [-0.39, 0.29) is 24.1 Å². The van der Waals surface area contributed by atoms with Crippen LogP contribution in [0, 0.1) is 0 Å². The molecule has 0 radical (unpaired) electrons. The van der Waals surface area contributed by atoms with Crippen LogP contribution in [0.15, 0.2) is 72.8 Å². The molecule has 4 nitrogen and oxygen atoms in total. The summed E-state index contributed by atoms with van der Waals surface area (Å²) in [5.41, 5.74) is 2.66. The summed E-state index contributed by atoms with van der Waals surface area (Å²) in [7, 11) is 0. The van der Waals surface area contributed by atoms with Crippen molar-refractivity contribution in [2.24, 2.45) is 0 Å². The first-order chi connectivity index (χ1) is 17.9. The minimum Gasteiger partial charge on any atom is -0.354 e. The highest BCUT2D eigenvalue weighted by molar-refractivity contribution is 7.99. The highest BCUT2D eigenvalue weighted by atomic mass is 35.5. The Morgan fingerprint density at radius 2 is 1.57 bits per heavy atom. The van der Waals surface area contributed by atoms with Crippen LogP contribution in [0.4, 0.5) is 0 Å². The van der Waals surface area contributed by atoms with Crippen LogP contribution >= 0.6 is 46.6 Å². The topological polar surface area (TPSA) is 49.4 Å². The first-order valence-corrected chi connectivity index (χ1v) is 14.5. The third-order valence-electron chi connectivity index (χ3n) is 5.90. The molecule has 3 aromatic carbocycles. The van der Waals surface area contributed by atoms with Crippen molar-refractivity contribution < 1.29 is 9.59 Å². The number of hydrogen-bond donors (Lipinski definition) is 1. The van der Waals surface area contributed by atoms with Gasteiger partial charge in [-0.3, -0.25) is 9.59 Å². The quantitative estimate of drug-likeness (QED) is 0.215. The molecule has 0 unspecified atom stereocenters. The van der Waals surface area contributed by atoms with Gasteiger partial charge in [-0.2, -0.15) is 0 Å². The van der Waals surface area contributed by atoms with Gasteiger partial charge in [0, 0.05) is 45.9 Å². The predicted octanol–water partition coefficient (Wildman–Crippen LogP) is 7.44. The average molecular weight is 578 g/mol. The van der Waals surface area contributed by atoms with E-state index in [4.69, 9.17) is 34.8 Å². The summed E-state index contributed by atoms with van der Waals surface area (Å²) in [5.74, 6) is 0.520. The van der Waals surface area contributed by atoms with Crippen molar-refractivity contribution in [1.29, 1.82) is 0 Å². The van der Waals surface area contributed by atoms with Gasteiger partial charge in [0.2, 0.25) is 11.8 Å². The van der Waals surface area contributed by atoms with Gasteiger partial charge in [0.25, 0.3) is 0 Å². The summed E-state index contributed by atoms with van der Waals surface area (Å²) in [6.07, 6.45) is 2.21. The fourth-order valence-electron chi connectivity index (χ4n) is 3.83. The Bertz CT molecular complexity index is 1140. The molecule has 37 heavy (non-hydrogen) atoms. The highest BCUT2D eigenvalue weighted by Crippen LogP contribution is 2.28. The van der Waals surface area contributed by atoms with Crippen molar-refractivity contribution in [2.75, 3.05) is 12.3 Å². The number of nitrogens with one attached hydrogen (secondary N) is 1. The van der Waals surface area contributed by atoms with E-state index >= 15 is 0 Å². The second-order valence-corrected chi connectivity index (χ2v) is 10.9. The van der Waals surface area contributed by atoms with Gasteiger partial charge >= 0.3 is 0 Å². The molecule has 0 heterocycles. The molecule has 0 aliphatic heterocycles. The minimum atomic E-state index is -0.713. The molecule has 0 saturated heterocycles. The van der Waals surface area contributed by atoms with E-state index in [9.17, 15) is 9.59 Å². The number of carbonyl (C=O) groups excluding carboxylic acids is 2. The van der Waals surface area contributed by atoms with Crippen LogP contribution in [0.5, 0.6) is 0 Å². The highest BCUT2D eigenvalue weighted by Gasteiger charge is 2.31. The Balaban J connectivity index is 1.87. The third-order valence-corrected chi connectivity index (χ3v) is 7.85. The molecule has 1 atom stereocenters. The summed E-state index contributed by atoms with van der Waals surface area (Å²) >= 11 is 20.4. The number of amides is 2. The maximum atomic E-state index is 13.7. The van der Waals surface area contributed by atoms with E-state index < -0.39 is 6.04 Å². The van der Waals surface area contributed by atoms with Gasteiger partial charge < -0.3 is 10.2 Å². The number of nitrogens with zero attached hydrogens (tertiary/aromatic N) is 1.